The van der Waals surface area contributed by atoms with Crippen LogP contribution in [0, 0.1) is 29.1 Å². The molecule has 1 aromatic rings. The summed E-state index contributed by atoms with van der Waals surface area (Å²) in [7, 11) is -3.87. The van der Waals surface area contributed by atoms with Crippen molar-refractivity contribution in [1.82, 2.24) is 4.72 Å². The lowest BCUT2D eigenvalue weighted by molar-refractivity contribution is -0.171. The minimum Gasteiger partial charge on any atom is -0.481 e. The molecule has 180 valence electrons. The summed E-state index contributed by atoms with van der Waals surface area (Å²) in [5, 5.41) is 9.90. The fraction of sp³-hybridized carbons (Fsp3) is 0.680. The number of benzene rings is 1. The molecule has 5 fully saturated rings. The van der Waals surface area contributed by atoms with Gasteiger partial charge < -0.3 is 5.11 Å². The first-order valence-electron chi connectivity index (χ1n) is 12.2. The molecule has 0 amide bonds. The highest BCUT2D eigenvalue weighted by Crippen LogP contribution is 2.63. The Hall–Kier alpha value is -1.25. The van der Waals surface area contributed by atoms with Crippen molar-refractivity contribution in [3.8, 4) is 0 Å². The Balaban J connectivity index is 1.39. The highest BCUT2D eigenvalue weighted by molar-refractivity contribution is 9.10. The average Bonchev–Trinajstić information content (AvgIpc) is 2.76. The van der Waals surface area contributed by atoms with Gasteiger partial charge in [0.1, 0.15) is 0 Å². The maximum atomic E-state index is 13.9. The smallest absolute Gasteiger partial charge is 0.309 e. The molecule has 2 unspecified atom stereocenters. The van der Waals surface area contributed by atoms with Crippen LogP contribution in [0.5, 0.6) is 0 Å². The normalized spacial score (nSPS) is 34.8. The predicted molar refractivity (Wildman–Crippen MR) is 127 cm³/mol. The van der Waals surface area contributed by atoms with Crippen LogP contribution in [0.15, 0.2) is 33.6 Å². The molecule has 6 rings (SSSR count). The second kappa shape index (κ2) is 8.45. The second-order valence-corrected chi connectivity index (χ2v) is 13.5. The molecule has 1 aromatic carbocycles. The molecule has 4 bridgehead atoms. The van der Waals surface area contributed by atoms with Gasteiger partial charge in [-0.05, 0) is 96.7 Å². The van der Waals surface area contributed by atoms with Crippen molar-refractivity contribution in [2.75, 3.05) is 0 Å². The van der Waals surface area contributed by atoms with Gasteiger partial charge in [-0.1, -0.05) is 31.4 Å². The molecule has 5 aliphatic rings. The number of hydrogen-bond acceptors (Lipinski definition) is 4. The molecule has 0 aromatic heterocycles. The molecule has 0 heterocycles. The van der Waals surface area contributed by atoms with E-state index in [-0.39, 0.29) is 28.4 Å². The molecule has 0 aliphatic heterocycles. The van der Waals surface area contributed by atoms with Crippen LogP contribution in [0.4, 0.5) is 0 Å². The van der Waals surface area contributed by atoms with E-state index in [1.165, 1.54) is 0 Å². The molecule has 0 radical (unpaired) electrons. The molecule has 33 heavy (non-hydrogen) atoms. The molecule has 2 atom stereocenters. The highest BCUT2D eigenvalue weighted by atomic mass is 79.9. The zero-order valence-corrected chi connectivity index (χ0v) is 21.2. The van der Waals surface area contributed by atoms with E-state index in [4.69, 9.17) is 0 Å². The number of sulfonamides is 1. The maximum absolute atomic E-state index is 13.9. The monoisotopic (exact) mass is 537 g/mol. The molecule has 2 N–H and O–H groups in total. The topological polar surface area (TPSA) is 101 Å². The number of ketones is 1. The maximum Gasteiger partial charge on any atom is 0.309 e. The SMILES string of the molecule is O=C(O)C12CC3CC(C1)C(CC(=O)C1(NS(=O)(=O)c4ccccc4Br)CCCCC1)C(C3)C2. The standard InChI is InChI=1S/C25H32BrNO5S/c26-20-6-2-3-7-21(20)33(31,32)27-25(8-4-1-5-9-25)22(28)12-19-17-10-16-11-18(19)15-24(13-16,14-17)23(29)30/h2-3,6-7,16-19,27H,1,4-5,8-15H2,(H,29,30). The lowest BCUT2D eigenvalue weighted by Gasteiger charge is -2.58. The van der Waals surface area contributed by atoms with Gasteiger partial charge in [-0.2, -0.15) is 4.72 Å². The third-order valence-corrected chi connectivity index (χ3v) is 11.6. The van der Waals surface area contributed by atoms with Gasteiger partial charge in [-0.15, -0.1) is 0 Å². The number of carboxylic acid groups (broad SMARTS) is 1. The Labute approximate surface area is 204 Å². The zero-order valence-electron chi connectivity index (χ0n) is 18.8. The number of carboxylic acids is 1. The van der Waals surface area contributed by atoms with Crippen LogP contribution >= 0.6 is 15.9 Å². The summed E-state index contributed by atoms with van der Waals surface area (Å²) in [5.74, 6) is 0.487. The number of halogens is 1. The quantitative estimate of drug-likeness (QED) is 0.514. The number of hydrogen-bond donors (Lipinski definition) is 2. The number of carbonyl (C=O) groups is 2. The van der Waals surface area contributed by atoms with Gasteiger partial charge in [0.15, 0.2) is 5.78 Å². The summed E-state index contributed by atoms with van der Waals surface area (Å²) in [5.41, 5.74) is -1.66. The average molecular weight is 539 g/mol. The summed E-state index contributed by atoms with van der Waals surface area (Å²) in [6, 6.07) is 6.69. The number of Topliss-reactive ketones (excluding diaryl/α,β-unsaturated/α-hetero) is 1. The van der Waals surface area contributed by atoms with Crippen molar-refractivity contribution in [2.45, 2.75) is 81.1 Å². The zero-order chi connectivity index (χ0) is 23.4. The van der Waals surface area contributed by atoms with E-state index in [1.807, 2.05) is 0 Å². The van der Waals surface area contributed by atoms with Crippen LogP contribution in [0.2, 0.25) is 0 Å². The molecule has 6 nitrogen and oxygen atoms in total. The van der Waals surface area contributed by atoms with Gasteiger partial charge in [0.2, 0.25) is 10.0 Å². The van der Waals surface area contributed by atoms with Gasteiger partial charge in [0, 0.05) is 10.9 Å². The van der Waals surface area contributed by atoms with Gasteiger partial charge in [0.05, 0.1) is 15.8 Å². The van der Waals surface area contributed by atoms with Crippen molar-refractivity contribution >= 4 is 37.7 Å². The van der Waals surface area contributed by atoms with E-state index < -0.39 is 26.9 Å². The first-order valence-corrected chi connectivity index (χ1v) is 14.5. The number of carbonyl (C=O) groups excluding carboxylic acids is 1. The number of aliphatic carboxylic acids is 1. The Morgan fingerprint density at radius 2 is 1.67 bits per heavy atom. The summed E-state index contributed by atoms with van der Waals surface area (Å²) in [4.78, 5) is 26.1. The third kappa shape index (κ3) is 4.10. The van der Waals surface area contributed by atoms with E-state index in [0.717, 1.165) is 38.5 Å². The van der Waals surface area contributed by atoms with E-state index in [2.05, 4.69) is 20.7 Å². The molecule has 5 aliphatic carbocycles. The largest absolute Gasteiger partial charge is 0.481 e. The van der Waals surface area contributed by atoms with E-state index >= 15 is 0 Å². The minimum absolute atomic E-state index is 0.000299. The van der Waals surface area contributed by atoms with Crippen LogP contribution in [-0.4, -0.2) is 30.8 Å². The first-order chi connectivity index (χ1) is 15.6. The first kappa shape index (κ1) is 23.5. The number of rotatable bonds is 7. The molecule has 8 heteroatoms. The molecule has 0 saturated heterocycles. The van der Waals surface area contributed by atoms with E-state index in [1.54, 1.807) is 24.3 Å². The van der Waals surface area contributed by atoms with E-state index in [0.29, 0.717) is 42.5 Å². The summed E-state index contributed by atoms with van der Waals surface area (Å²) < 4.78 is 30.0. The summed E-state index contributed by atoms with van der Waals surface area (Å²) >= 11 is 3.34. The fourth-order valence-corrected chi connectivity index (χ4v) is 10.2. The Morgan fingerprint density at radius 3 is 2.27 bits per heavy atom. The molecule has 0 spiro atoms. The lowest BCUT2D eigenvalue weighted by atomic mass is 9.45. The Bertz CT molecular complexity index is 1050. The van der Waals surface area contributed by atoms with Crippen LogP contribution in [0.1, 0.15) is 70.6 Å². The van der Waals surface area contributed by atoms with Crippen LogP contribution in [-0.2, 0) is 19.6 Å². The molecular weight excluding hydrogens is 506 g/mol. The van der Waals surface area contributed by atoms with Crippen LogP contribution in [0.3, 0.4) is 0 Å². The highest BCUT2D eigenvalue weighted by Gasteiger charge is 2.59. The van der Waals surface area contributed by atoms with Crippen LogP contribution < -0.4 is 4.72 Å². The fourth-order valence-electron chi connectivity index (χ4n) is 7.70. The Kier molecular flexibility index (Phi) is 6.02. The van der Waals surface area contributed by atoms with Crippen molar-refractivity contribution in [2.24, 2.45) is 29.1 Å². The van der Waals surface area contributed by atoms with Gasteiger partial charge in [-0.25, -0.2) is 8.42 Å². The summed E-state index contributed by atoms with van der Waals surface area (Å²) in [6.45, 7) is 0. The number of nitrogens with one attached hydrogen (secondary N) is 1. The molecular formula is C25H32BrNO5S. The summed E-state index contributed by atoms with van der Waals surface area (Å²) in [6.07, 6.45) is 8.21. The Morgan fingerprint density at radius 1 is 1.03 bits per heavy atom. The van der Waals surface area contributed by atoms with Gasteiger partial charge in [-0.3, -0.25) is 9.59 Å². The second-order valence-electron chi connectivity index (χ2n) is 11.0. The van der Waals surface area contributed by atoms with Crippen LogP contribution in [0.25, 0.3) is 0 Å². The van der Waals surface area contributed by atoms with Gasteiger partial charge in [0.25, 0.3) is 0 Å². The lowest BCUT2D eigenvalue weighted by Crippen LogP contribution is -2.58. The predicted octanol–water partition coefficient (Wildman–Crippen LogP) is 4.92. The molecule has 5 saturated carbocycles. The third-order valence-electron chi connectivity index (χ3n) is 9.04. The van der Waals surface area contributed by atoms with Crippen molar-refractivity contribution in [3.05, 3.63) is 28.7 Å². The van der Waals surface area contributed by atoms with Crippen molar-refractivity contribution in [3.63, 3.8) is 0 Å². The van der Waals surface area contributed by atoms with Gasteiger partial charge >= 0.3 is 5.97 Å². The van der Waals surface area contributed by atoms with E-state index in [9.17, 15) is 23.1 Å². The van der Waals surface area contributed by atoms with Crippen molar-refractivity contribution in [1.29, 1.82) is 0 Å². The van der Waals surface area contributed by atoms with Crippen molar-refractivity contribution < 1.29 is 23.1 Å². The minimum atomic E-state index is -3.87.